The Morgan fingerprint density at radius 1 is 0.931 bits per heavy atom. The molecule has 14 nitrogen and oxygen atoms in total. The van der Waals surface area contributed by atoms with Gasteiger partial charge in [0.15, 0.2) is 5.65 Å². The van der Waals surface area contributed by atoms with E-state index in [4.69, 9.17) is 13.1 Å². The fourth-order valence-electron chi connectivity index (χ4n) is 8.60. The molecule has 0 aliphatic carbocycles. The molecule has 0 spiro atoms. The van der Waals surface area contributed by atoms with Gasteiger partial charge in [-0.1, -0.05) is 48.5 Å². The molecule has 8 rings (SSSR count). The summed E-state index contributed by atoms with van der Waals surface area (Å²) >= 11 is -2.40. The molecule has 302 valence electrons. The summed E-state index contributed by atoms with van der Waals surface area (Å²) in [6.45, 7) is 10.9. The molecule has 0 radical (unpaired) electrons. The molecule has 3 amide bonds. The van der Waals surface area contributed by atoms with Gasteiger partial charge in [-0.25, -0.2) is 4.98 Å². The molecule has 1 atom stereocenters. The van der Waals surface area contributed by atoms with Crippen molar-refractivity contribution in [2.45, 2.75) is 32.6 Å². The molecule has 58 heavy (non-hydrogen) atoms. The van der Waals surface area contributed by atoms with Gasteiger partial charge in [0.2, 0.25) is 0 Å². The molecule has 0 bridgehead atoms. The van der Waals surface area contributed by atoms with Crippen LogP contribution in [0.1, 0.15) is 30.5 Å². The topological polar surface area (TPSA) is 151 Å². The number of aliphatic hydroxyl groups excluding tert-OH is 1. The third kappa shape index (κ3) is 9.39. The van der Waals surface area contributed by atoms with E-state index in [9.17, 15) is 19.5 Å². The average molecular weight is 889 g/mol. The number of aromatic nitrogens is 3. The summed E-state index contributed by atoms with van der Waals surface area (Å²) < 4.78 is 9.77. The number of carbonyl (C=O) groups is 3. The zero-order chi connectivity index (χ0) is 40.0. The van der Waals surface area contributed by atoms with Gasteiger partial charge in [0.05, 0.1) is 18.0 Å². The molecule has 15 heteroatoms. The fourth-order valence-corrected chi connectivity index (χ4v) is 13.8. The number of carbonyl (C=O) groups excluding carboxylic acids is 3. The molecule has 1 unspecified atom stereocenters. The van der Waals surface area contributed by atoms with Crippen molar-refractivity contribution < 1.29 is 19.5 Å². The maximum Gasteiger partial charge on any atom is 0.166 e. The van der Waals surface area contributed by atoms with E-state index in [0.717, 1.165) is 121 Å². The monoisotopic (exact) mass is 888 g/mol. The Kier molecular flexibility index (Phi) is 13.0. The Hall–Kier alpha value is -4.41. The number of allylic oxidation sites excluding steroid dienone is 1. The van der Waals surface area contributed by atoms with Gasteiger partial charge in [0, 0.05) is 49.9 Å². The number of anilines is 1. The van der Waals surface area contributed by atoms with Crippen LogP contribution in [0.2, 0.25) is 0 Å². The minimum Gasteiger partial charge on any atom is -0.228 e. The van der Waals surface area contributed by atoms with E-state index in [1.807, 2.05) is 21.6 Å². The number of nitrogens with one attached hydrogen (secondary N) is 2. The van der Waals surface area contributed by atoms with Gasteiger partial charge in [0.25, 0.3) is 0 Å². The van der Waals surface area contributed by atoms with Gasteiger partial charge < -0.3 is 10.0 Å². The molecule has 0 saturated carbocycles. The summed E-state index contributed by atoms with van der Waals surface area (Å²) in [7, 11) is 0. The zero-order valence-electron chi connectivity index (χ0n) is 33.4. The number of imide groups is 1. The third-order valence-electron chi connectivity index (χ3n) is 11.8. The molecule has 2 aromatic heterocycles. The Morgan fingerprint density at radius 3 is 2.47 bits per heavy atom. The first-order valence-corrected chi connectivity index (χ1v) is 26.5. The molecule has 4 aliphatic heterocycles. The van der Waals surface area contributed by atoms with Crippen LogP contribution in [-0.4, -0.2) is 162 Å². The van der Waals surface area contributed by atoms with E-state index in [-0.39, 0.29) is 30.2 Å². The number of rotatable bonds is 14. The first-order chi connectivity index (χ1) is 28.3. The number of piperazine rings is 2. The van der Waals surface area contributed by atoms with Gasteiger partial charge in [-0.3, -0.25) is 4.90 Å². The second-order valence-corrected chi connectivity index (χ2v) is 22.0. The van der Waals surface area contributed by atoms with E-state index in [1.54, 1.807) is 0 Å². The van der Waals surface area contributed by atoms with Crippen molar-refractivity contribution >= 4 is 56.6 Å². The molecular formula is C43H53InN10O4. The number of β-amino-alcohol motifs (C(OH)–C–C–N with tert-alkyl or cyclic N) is 1. The minimum atomic E-state index is -2.40. The fraction of sp³-hybridized carbons (Fsp3) is 0.442. The normalized spacial score (nSPS) is 19.3. The van der Waals surface area contributed by atoms with Crippen LogP contribution in [0.4, 0.5) is 5.82 Å². The van der Waals surface area contributed by atoms with Crippen molar-refractivity contribution in [1.82, 2.24) is 39.9 Å². The standard InChI is InChI=1S/C35H45N8O2.C8H8N2O2.In/c1-27-34(29-10-4-3-5-11-29)35-37-31(25-32(43(35)38-27)41-18-14-40(15-19-41)22-23-44)30-12-6-8-28(24-30)9-7-13-39-16-20-42(21-17-39)33(45)26-36-2;1-2-6(9)5-3-4-7(11)10-8(5)12;/h3-6,8,10-12,24-25,36,44H,2,7,9,13-23,26H2,1H3;1-2,5H,3-4H2,(H,10,11,12);/q;-1;+1. The van der Waals surface area contributed by atoms with Gasteiger partial charge in [0.1, 0.15) is 5.82 Å². The van der Waals surface area contributed by atoms with Crippen LogP contribution in [0.5, 0.6) is 0 Å². The first kappa shape index (κ1) is 40.4. The van der Waals surface area contributed by atoms with Gasteiger partial charge in [-0.2, -0.15) is 9.61 Å². The van der Waals surface area contributed by atoms with Crippen molar-refractivity contribution in [3.05, 3.63) is 81.8 Å². The van der Waals surface area contributed by atoms with Crippen LogP contribution < -0.4 is 15.5 Å². The van der Waals surface area contributed by atoms with Gasteiger partial charge in [-0.05, 0) is 18.6 Å². The van der Waals surface area contributed by atoms with Crippen LogP contribution in [0.3, 0.4) is 0 Å². The Morgan fingerprint density at radius 2 is 1.69 bits per heavy atom. The van der Waals surface area contributed by atoms with Crippen molar-refractivity contribution in [3.8, 4) is 22.4 Å². The first-order valence-electron chi connectivity index (χ1n) is 20.8. The van der Waals surface area contributed by atoms with Crippen LogP contribution in [-0.2, 0) is 20.8 Å². The van der Waals surface area contributed by atoms with Gasteiger partial charge >= 0.3 is 174 Å². The molecule has 2 aromatic carbocycles. The van der Waals surface area contributed by atoms with E-state index in [2.05, 4.69) is 90.7 Å². The van der Waals surface area contributed by atoms with Crippen molar-refractivity contribution in [1.29, 1.82) is 0 Å². The SMILES string of the molecule is Cc1nn2c(N3CCN(CCO)CC3)cc(-c3cccc(CCCN4CCN(C(=O)CN[CH2][In]5[CH]=CC(C6CCC(=O)NC6=O)=[N]5)CC4)c3)nc2c1-c1ccccc1. The molecule has 3 N–H and O–H groups in total. The van der Waals surface area contributed by atoms with Crippen LogP contribution in [0, 0.1) is 12.8 Å². The number of aliphatic hydroxyl groups is 1. The quantitative estimate of drug-likeness (QED) is 0.161. The summed E-state index contributed by atoms with van der Waals surface area (Å²) in [6.07, 6.45) is 4.81. The number of nitrogens with zero attached hydrogens (tertiary/aromatic N) is 8. The Bertz CT molecular complexity index is 2180. The number of benzene rings is 2. The summed E-state index contributed by atoms with van der Waals surface area (Å²) in [6, 6.07) is 21.4. The molecule has 3 fully saturated rings. The maximum atomic E-state index is 13.0. The smallest absolute Gasteiger partial charge is 0.166 e. The minimum absolute atomic E-state index is 0.125. The summed E-state index contributed by atoms with van der Waals surface area (Å²) in [5.74, 6) is 0.374. The van der Waals surface area contributed by atoms with E-state index >= 15 is 0 Å². The predicted molar refractivity (Wildman–Crippen MR) is 227 cm³/mol. The number of fused-ring (bicyclic) bond motifs is 1. The average Bonchev–Trinajstić information content (AvgIpc) is 3.85. The van der Waals surface area contributed by atoms with Crippen LogP contribution in [0.25, 0.3) is 28.0 Å². The summed E-state index contributed by atoms with van der Waals surface area (Å²) in [5.41, 5.74) is 8.07. The van der Waals surface area contributed by atoms with Gasteiger partial charge in [-0.15, -0.1) is 0 Å². The number of hydrogen-bond acceptors (Lipinski definition) is 11. The number of aryl methyl sites for hydroxylation is 2. The molecule has 4 aliphatic rings. The molecule has 6 heterocycles. The second kappa shape index (κ2) is 18.7. The summed E-state index contributed by atoms with van der Waals surface area (Å²) in [4.78, 5) is 51.2. The maximum absolute atomic E-state index is 13.0. The largest absolute Gasteiger partial charge is 0.228 e. The van der Waals surface area contributed by atoms with Crippen LogP contribution in [0.15, 0.2) is 73.6 Å². The van der Waals surface area contributed by atoms with Crippen molar-refractivity contribution in [2.75, 3.05) is 87.8 Å². The Labute approximate surface area is 347 Å². The van der Waals surface area contributed by atoms with Crippen molar-refractivity contribution in [2.24, 2.45) is 8.90 Å². The van der Waals surface area contributed by atoms with E-state index in [0.29, 0.717) is 25.9 Å². The molecule has 4 aromatic rings. The predicted octanol–water partition coefficient (Wildman–Crippen LogP) is 2.29. The second-order valence-electron chi connectivity index (χ2n) is 15.8. The Balaban J connectivity index is 0.848. The zero-order valence-corrected chi connectivity index (χ0v) is 36.6. The summed E-state index contributed by atoms with van der Waals surface area (Å²) in [5, 5.41) is 20.3. The van der Waals surface area contributed by atoms with Crippen LogP contribution >= 0.6 is 0 Å². The third-order valence-corrected chi connectivity index (χ3v) is 17.5. The number of piperidine rings is 1. The van der Waals surface area contributed by atoms with Crippen molar-refractivity contribution in [3.63, 3.8) is 0 Å². The van der Waals surface area contributed by atoms with E-state index < -0.39 is 21.7 Å². The number of amides is 3. The number of hydrogen-bond donors (Lipinski definition) is 3. The molecule has 3 saturated heterocycles. The van der Waals surface area contributed by atoms with E-state index in [1.165, 1.54) is 5.56 Å². The molecular weight excluding hydrogens is 835 g/mol.